The summed E-state index contributed by atoms with van der Waals surface area (Å²) in [5.74, 6) is 0.795. The number of rotatable bonds is 6. The molecule has 0 spiro atoms. The number of ether oxygens (including phenoxy) is 1. The largest absolute Gasteiger partial charge is 0.489 e. The molecule has 0 aliphatic carbocycles. The van der Waals surface area contributed by atoms with Crippen molar-refractivity contribution in [3.63, 3.8) is 0 Å². The van der Waals surface area contributed by atoms with Crippen molar-refractivity contribution in [1.29, 1.82) is 0 Å². The molecule has 0 atom stereocenters. The van der Waals surface area contributed by atoms with E-state index in [1.54, 1.807) is 6.21 Å². The molecule has 4 heteroatoms. The molecule has 0 fully saturated rings. The van der Waals surface area contributed by atoms with Crippen molar-refractivity contribution in [2.24, 2.45) is 5.10 Å². The molecule has 0 aliphatic rings. The highest BCUT2D eigenvalue weighted by Gasteiger charge is 2.00. The number of nitrogens with one attached hydrogen (secondary N) is 1. The topological polar surface area (TPSA) is 33.6 Å². The molecule has 0 heterocycles. The molecule has 0 saturated heterocycles. The van der Waals surface area contributed by atoms with Gasteiger partial charge in [0.2, 0.25) is 0 Å². The average Bonchev–Trinajstić information content (AvgIpc) is 2.63. The van der Waals surface area contributed by atoms with Crippen LogP contribution in [0.5, 0.6) is 5.75 Å². The van der Waals surface area contributed by atoms with Crippen LogP contribution in [0.15, 0.2) is 84.0 Å². The second kappa shape index (κ2) is 8.18. The number of anilines is 1. The zero-order valence-electron chi connectivity index (χ0n) is 13.0. The van der Waals surface area contributed by atoms with Gasteiger partial charge in [0.05, 0.1) is 11.9 Å². The van der Waals surface area contributed by atoms with Gasteiger partial charge >= 0.3 is 0 Å². The maximum Gasteiger partial charge on any atom is 0.119 e. The molecular weight excluding hydrogens is 320 g/mol. The van der Waals surface area contributed by atoms with Gasteiger partial charge in [-0.15, -0.1) is 0 Å². The summed E-state index contributed by atoms with van der Waals surface area (Å²) in [6.07, 6.45) is 1.77. The van der Waals surface area contributed by atoms with Gasteiger partial charge in [-0.25, -0.2) is 0 Å². The van der Waals surface area contributed by atoms with E-state index in [1.807, 2.05) is 78.9 Å². The van der Waals surface area contributed by atoms with Gasteiger partial charge in [-0.05, 0) is 48.0 Å². The van der Waals surface area contributed by atoms with E-state index in [4.69, 9.17) is 16.3 Å². The Bertz CT molecular complexity index is 801. The maximum atomic E-state index is 6.12. The van der Waals surface area contributed by atoms with Crippen LogP contribution >= 0.6 is 11.6 Å². The van der Waals surface area contributed by atoms with E-state index < -0.39 is 0 Å². The SMILES string of the molecule is Clc1ccccc1COc1ccc(/C=N/Nc2ccccc2)cc1. The Hall–Kier alpha value is -2.78. The molecular formula is C20H17ClN2O. The molecule has 24 heavy (non-hydrogen) atoms. The van der Waals surface area contributed by atoms with Crippen molar-refractivity contribution in [3.05, 3.63) is 95.0 Å². The van der Waals surface area contributed by atoms with Crippen molar-refractivity contribution in [1.82, 2.24) is 0 Å². The Balaban J connectivity index is 1.54. The smallest absolute Gasteiger partial charge is 0.119 e. The van der Waals surface area contributed by atoms with Crippen LogP contribution in [-0.2, 0) is 6.61 Å². The lowest BCUT2D eigenvalue weighted by molar-refractivity contribution is 0.306. The summed E-state index contributed by atoms with van der Waals surface area (Å²) in [6.45, 7) is 0.447. The lowest BCUT2D eigenvalue weighted by Crippen LogP contribution is -1.96. The molecule has 0 bridgehead atoms. The third kappa shape index (κ3) is 4.61. The molecule has 3 rings (SSSR count). The highest BCUT2D eigenvalue weighted by Crippen LogP contribution is 2.18. The Labute approximate surface area is 146 Å². The summed E-state index contributed by atoms with van der Waals surface area (Å²) in [5.41, 5.74) is 5.90. The van der Waals surface area contributed by atoms with Gasteiger partial charge in [0.1, 0.15) is 12.4 Å². The van der Waals surface area contributed by atoms with Gasteiger partial charge in [0, 0.05) is 10.6 Å². The fraction of sp³-hybridized carbons (Fsp3) is 0.0500. The molecule has 3 aromatic carbocycles. The summed E-state index contributed by atoms with van der Waals surface area (Å²) in [4.78, 5) is 0. The Morgan fingerprint density at radius 1 is 0.875 bits per heavy atom. The van der Waals surface area contributed by atoms with Crippen molar-refractivity contribution in [2.75, 3.05) is 5.43 Å². The molecule has 0 amide bonds. The molecule has 3 aromatic rings. The molecule has 0 radical (unpaired) electrons. The first kappa shape index (κ1) is 16.1. The third-order valence-corrected chi connectivity index (χ3v) is 3.78. The van der Waals surface area contributed by atoms with E-state index in [0.29, 0.717) is 11.6 Å². The van der Waals surface area contributed by atoms with Crippen LogP contribution in [0.1, 0.15) is 11.1 Å². The van der Waals surface area contributed by atoms with Crippen LogP contribution in [0.3, 0.4) is 0 Å². The van der Waals surface area contributed by atoms with Crippen LogP contribution in [-0.4, -0.2) is 6.21 Å². The van der Waals surface area contributed by atoms with Crippen molar-refractivity contribution < 1.29 is 4.74 Å². The molecule has 0 saturated carbocycles. The molecule has 0 aromatic heterocycles. The van der Waals surface area contributed by atoms with Gasteiger partial charge in [-0.2, -0.15) is 5.10 Å². The summed E-state index contributed by atoms with van der Waals surface area (Å²) < 4.78 is 5.76. The first-order valence-electron chi connectivity index (χ1n) is 7.62. The van der Waals surface area contributed by atoms with E-state index in [0.717, 1.165) is 22.6 Å². The van der Waals surface area contributed by atoms with Gasteiger partial charge in [-0.3, -0.25) is 5.43 Å². The lowest BCUT2D eigenvalue weighted by Gasteiger charge is -2.07. The number of hydrogen-bond donors (Lipinski definition) is 1. The van der Waals surface area contributed by atoms with Crippen LogP contribution in [0, 0.1) is 0 Å². The first-order valence-corrected chi connectivity index (χ1v) is 7.99. The van der Waals surface area contributed by atoms with Crippen LogP contribution in [0.2, 0.25) is 5.02 Å². The second-order valence-corrected chi connectivity index (χ2v) is 5.59. The molecule has 3 nitrogen and oxygen atoms in total. The lowest BCUT2D eigenvalue weighted by atomic mass is 10.2. The predicted molar refractivity (Wildman–Crippen MR) is 99.9 cm³/mol. The number of benzene rings is 3. The minimum Gasteiger partial charge on any atom is -0.489 e. The molecule has 1 N–H and O–H groups in total. The summed E-state index contributed by atoms with van der Waals surface area (Å²) in [5, 5.41) is 4.93. The van der Waals surface area contributed by atoms with Gasteiger partial charge in [-0.1, -0.05) is 48.0 Å². The second-order valence-electron chi connectivity index (χ2n) is 5.19. The minimum atomic E-state index is 0.447. The fourth-order valence-corrected chi connectivity index (χ4v) is 2.31. The Morgan fingerprint density at radius 3 is 2.33 bits per heavy atom. The molecule has 0 unspecified atom stereocenters. The van der Waals surface area contributed by atoms with E-state index in [9.17, 15) is 0 Å². The quantitative estimate of drug-likeness (QED) is 0.485. The standard InChI is InChI=1S/C20H17ClN2O/c21-20-9-5-4-6-17(20)15-24-19-12-10-16(11-13-19)14-22-23-18-7-2-1-3-8-18/h1-14,23H,15H2/b22-14+. The molecule has 120 valence electrons. The normalized spacial score (nSPS) is 10.7. The van der Waals surface area contributed by atoms with Crippen LogP contribution < -0.4 is 10.2 Å². The monoisotopic (exact) mass is 336 g/mol. The van der Waals surface area contributed by atoms with E-state index in [2.05, 4.69) is 10.5 Å². The van der Waals surface area contributed by atoms with Crippen LogP contribution in [0.25, 0.3) is 0 Å². The third-order valence-electron chi connectivity index (χ3n) is 3.41. The number of halogens is 1. The summed E-state index contributed by atoms with van der Waals surface area (Å²) in [7, 11) is 0. The van der Waals surface area contributed by atoms with Crippen LogP contribution in [0.4, 0.5) is 5.69 Å². The van der Waals surface area contributed by atoms with E-state index in [-0.39, 0.29) is 0 Å². The Kier molecular flexibility index (Phi) is 5.48. The zero-order valence-corrected chi connectivity index (χ0v) is 13.8. The number of hydrazone groups is 1. The zero-order chi connectivity index (χ0) is 16.6. The minimum absolute atomic E-state index is 0.447. The van der Waals surface area contributed by atoms with E-state index >= 15 is 0 Å². The summed E-state index contributed by atoms with van der Waals surface area (Å²) >= 11 is 6.12. The van der Waals surface area contributed by atoms with Crippen molar-refractivity contribution in [3.8, 4) is 5.75 Å². The van der Waals surface area contributed by atoms with Gasteiger partial charge < -0.3 is 4.74 Å². The maximum absolute atomic E-state index is 6.12. The van der Waals surface area contributed by atoms with Crippen molar-refractivity contribution in [2.45, 2.75) is 6.61 Å². The highest BCUT2D eigenvalue weighted by atomic mass is 35.5. The van der Waals surface area contributed by atoms with E-state index in [1.165, 1.54) is 0 Å². The van der Waals surface area contributed by atoms with Gasteiger partial charge in [0.25, 0.3) is 0 Å². The number of para-hydroxylation sites is 1. The summed E-state index contributed by atoms with van der Waals surface area (Å²) in [6, 6.07) is 25.2. The average molecular weight is 337 g/mol. The number of hydrogen-bond acceptors (Lipinski definition) is 3. The highest BCUT2D eigenvalue weighted by molar-refractivity contribution is 6.31. The fourth-order valence-electron chi connectivity index (χ4n) is 2.12. The van der Waals surface area contributed by atoms with Gasteiger partial charge in [0.15, 0.2) is 0 Å². The Morgan fingerprint density at radius 2 is 1.58 bits per heavy atom. The number of nitrogens with zero attached hydrogens (tertiary/aromatic N) is 1. The van der Waals surface area contributed by atoms with Crippen molar-refractivity contribution >= 4 is 23.5 Å². The molecule has 0 aliphatic heterocycles. The first-order chi connectivity index (χ1) is 11.8. The predicted octanol–water partition coefficient (Wildman–Crippen LogP) is 5.37.